The monoisotopic (exact) mass is 425 g/mol. The Labute approximate surface area is 183 Å². The van der Waals surface area contributed by atoms with Crippen LogP contribution in [0.4, 0.5) is 10.6 Å². The molecule has 1 aromatic heterocycles. The average molecular weight is 426 g/mol. The molecule has 3 heterocycles. The van der Waals surface area contributed by atoms with Crippen molar-refractivity contribution >= 4 is 24.0 Å². The van der Waals surface area contributed by atoms with Crippen LogP contribution >= 0.6 is 0 Å². The van der Waals surface area contributed by atoms with Crippen LogP contribution in [0, 0.1) is 6.92 Å². The van der Waals surface area contributed by atoms with Gasteiger partial charge in [0.1, 0.15) is 18.2 Å². The van der Waals surface area contributed by atoms with Gasteiger partial charge in [0.2, 0.25) is 5.91 Å². The van der Waals surface area contributed by atoms with Gasteiger partial charge in [0, 0.05) is 38.6 Å². The SMILES string of the molecule is CC/C=C(\N=CCC(=O)N1CCN(c2ncc(C)cc2C2CC2)CC1)N1CCOC1=O. The number of cyclic esters (lactones) is 1. The van der Waals surface area contributed by atoms with Crippen LogP contribution in [0.25, 0.3) is 0 Å². The Morgan fingerprint density at radius 2 is 2.03 bits per heavy atom. The molecule has 0 bridgehead atoms. The van der Waals surface area contributed by atoms with E-state index in [1.807, 2.05) is 24.1 Å². The van der Waals surface area contributed by atoms with Crippen molar-refractivity contribution in [3.8, 4) is 0 Å². The predicted molar refractivity (Wildman–Crippen MR) is 119 cm³/mol. The Kier molecular flexibility index (Phi) is 6.53. The van der Waals surface area contributed by atoms with E-state index in [0.29, 0.717) is 38.0 Å². The lowest BCUT2D eigenvalue weighted by Crippen LogP contribution is -2.49. The third-order valence-corrected chi connectivity index (χ3v) is 5.89. The molecular formula is C23H31N5O3. The largest absolute Gasteiger partial charge is 0.447 e. The van der Waals surface area contributed by atoms with E-state index in [-0.39, 0.29) is 18.4 Å². The predicted octanol–water partition coefficient (Wildman–Crippen LogP) is 3.08. The molecule has 0 atom stereocenters. The molecule has 1 aliphatic carbocycles. The molecule has 2 amide bonds. The highest BCUT2D eigenvalue weighted by Crippen LogP contribution is 2.44. The summed E-state index contributed by atoms with van der Waals surface area (Å²) < 4.78 is 4.98. The first-order valence-corrected chi connectivity index (χ1v) is 11.2. The molecule has 0 aromatic carbocycles. The molecule has 8 heteroatoms. The third kappa shape index (κ3) is 5.06. The Morgan fingerprint density at radius 3 is 2.68 bits per heavy atom. The first kappa shape index (κ1) is 21.3. The van der Waals surface area contributed by atoms with E-state index >= 15 is 0 Å². The van der Waals surface area contributed by atoms with Crippen molar-refractivity contribution in [2.24, 2.45) is 4.99 Å². The number of ether oxygens (including phenoxy) is 1. The van der Waals surface area contributed by atoms with Gasteiger partial charge in [-0.25, -0.2) is 14.8 Å². The molecule has 2 saturated heterocycles. The summed E-state index contributed by atoms with van der Waals surface area (Å²) in [7, 11) is 0. The minimum absolute atomic E-state index is 0.0579. The minimum atomic E-state index is -0.380. The van der Waals surface area contributed by atoms with Crippen molar-refractivity contribution in [1.82, 2.24) is 14.8 Å². The van der Waals surface area contributed by atoms with Gasteiger partial charge in [-0.3, -0.25) is 9.69 Å². The number of hydrogen-bond acceptors (Lipinski definition) is 6. The summed E-state index contributed by atoms with van der Waals surface area (Å²) in [6.07, 6.45) is 8.51. The lowest BCUT2D eigenvalue weighted by atomic mass is 10.1. The molecule has 166 valence electrons. The lowest BCUT2D eigenvalue weighted by Gasteiger charge is -2.36. The fourth-order valence-electron chi connectivity index (χ4n) is 4.07. The number of nitrogens with zero attached hydrogens (tertiary/aromatic N) is 5. The molecule has 0 N–H and O–H groups in total. The van der Waals surface area contributed by atoms with Crippen molar-refractivity contribution in [3.63, 3.8) is 0 Å². The van der Waals surface area contributed by atoms with Gasteiger partial charge in [0.25, 0.3) is 0 Å². The number of allylic oxidation sites excluding steroid dienone is 1. The van der Waals surface area contributed by atoms with E-state index in [1.165, 1.54) is 28.9 Å². The average Bonchev–Trinajstić information content (AvgIpc) is 3.54. The number of aromatic nitrogens is 1. The zero-order chi connectivity index (χ0) is 21.8. The van der Waals surface area contributed by atoms with Gasteiger partial charge < -0.3 is 14.5 Å². The Bertz CT molecular complexity index is 885. The van der Waals surface area contributed by atoms with Gasteiger partial charge in [-0.05, 0) is 49.3 Å². The highest BCUT2D eigenvalue weighted by Gasteiger charge is 2.30. The number of pyridine rings is 1. The normalized spacial score (nSPS) is 20.0. The summed E-state index contributed by atoms with van der Waals surface area (Å²) in [5.74, 6) is 2.35. The molecule has 0 radical (unpaired) electrons. The first-order chi connectivity index (χ1) is 15.1. The van der Waals surface area contributed by atoms with Crippen LogP contribution in [-0.4, -0.2) is 72.3 Å². The molecule has 1 saturated carbocycles. The van der Waals surface area contributed by atoms with Crippen LogP contribution in [0.3, 0.4) is 0 Å². The lowest BCUT2D eigenvalue weighted by molar-refractivity contribution is -0.130. The van der Waals surface area contributed by atoms with Gasteiger partial charge in [0.15, 0.2) is 0 Å². The second-order valence-corrected chi connectivity index (χ2v) is 8.32. The van der Waals surface area contributed by atoms with E-state index < -0.39 is 0 Å². The second kappa shape index (κ2) is 9.49. The number of aliphatic imine (C=N–C) groups is 1. The van der Waals surface area contributed by atoms with Crippen LogP contribution in [0.5, 0.6) is 0 Å². The van der Waals surface area contributed by atoms with E-state index in [9.17, 15) is 9.59 Å². The number of rotatable bonds is 7. The maximum atomic E-state index is 12.7. The molecule has 3 fully saturated rings. The van der Waals surface area contributed by atoms with Crippen LogP contribution < -0.4 is 4.90 Å². The smallest absolute Gasteiger partial charge is 0.415 e. The summed E-state index contributed by atoms with van der Waals surface area (Å²) in [6, 6.07) is 2.27. The number of amides is 2. The number of aryl methyl sites for hydroxylation is 1. The topological polar surface area (TPSA) is 78.3 Å². The zero-order valence-electron chi connectivity index (χ0n) is 18.4. The standard InChI is InChI=1S/C23H31N5O3/c1-3-4-20(28-13-14-31-23(28)30)24-8-7-21(29)26-9-11-27(12-10-26)22-19(18-5-6-18)15-17(2)16-25-22/h4,8,15-16,18H,3,5-7,9-14H2,1-2H3/b20-4+,24-8?. The van der Waals surface area contributed by atoms with Crippen molar-refractivity contribution in [1.29, 1.82) is 0 Å². The van der Waals surface area contributed by atoms with Crippen molar-refractivity contribution in [2.75, 3.05) is 44.2 Å². The van der Waals surface area contributed by atoms with E-state index in [1.54, 1.807) is 6.21 Å². The number of carbonyl (C=O) groups is 2. The van der Waals surface area contributed by atoms with Gasteiger partial charge >= 0.3 is 6.09 Å². The van der Waals surface area contributed by atoms with Gasteiger partial charge in [-0.1, -0.05) is 13.0 Å². The number of anilines is 1. The fourth-order valence-corrected chi connectivity index (χ4v) is 4.07. The summed E-state index contributed by atoms with van der Waals surface area (Å²) in [4.78, 5) is 39.3. The maximum absolute atomic E-state index is 12.7. The molecule has 1 aromatic rings. The zero-order valence-corrected chi connectivity index (χ0v) is 18.4. The van der Waals surface area contributed by atoms with Crippen LogP contribution in [0.2, 0.25) is 0 Å². The van der Waals surface area contributed by atoms with E-state index in [2.05, 4.69) is 22.9 Å². The van der Waals surface area contributed by atoms with Crippen LogP contribution in [-0.2, 0) is 9.53 Å². The molecule has 0 unspecified atom stereocenters. The number of piperazine rings is 1. The molecule has 4 rings (SSSR count). The van der Waals surface area contributed by atoms with Crippen LogP contribution in [0.15, 0.2) is 29.2 Å². The Hall–Kier alpha value is -2.90. The van der Waals surface area contributed by atoms with E-state index in [4.69, 9.17) is 9.72 Å². The molecular weight excluding hydrogens is 394 g/mol. The molecule has 3 aliphatic rings. The highest BCUT2D eigenvalue weighted by molar-refractivity contribution is 5.90. The van der Waals surface area contributed by atoms with Gasteiger partial charge in [-0.2, -0.15) is 0 Å². The number of hydrogen-bond donors (Lipinski definition) is 0. The van der Waals surface area contributed by atoms with Crippen molar-refractivity contribution < 1.29 is 14.3 Å². The Balaban J connectivity index is 1.31. The summed E-state index contributed by atoms with van der Waals surface area (Å²) in [6.45, 7) is 7.89. The fraction of sp³-hybridized carbons (Fsp3) is 0.565. The summed E-state index contributed by atoms with van der Waals surface area (Å²) in [5.41, 5.74) is 2.57. The first-order valence-electron chi connectivity index (χ1n) is 11.2. The van der Waals surface area contributed by atoms with Crippen LogP contribution in [0.1, 0.15) is 49.7 Å². The quantitative estimate of drug-likeness (QED) is 0.628. The molecule has 8 nitrogen and oxygen atoms in total. The van der Waals surface area contributed by atoms with Gasteiger partial charge in [-0.15, -0.1) is 0 Å². The number of carbonyl (C=O) groups excluding carboxylic acids is 2. The molecule has 0 spiro atoms. The Morgan fingerprint density at radius 1 is 1.26 bits per heavy atom. The van der Waals surface area contributed by atoms with Crippen molar-refractivity contribution in [3.05, 3.63) is 35.3 Å². The summed E-state index contributed by atoms with van der Waals surface area (Å²) >= 11 is 0. The highest BCUT2D eigenvalue weighted by atomic mass is 16.6. The van der Waals surface area contributed by atoms with Crippen molar-refractivity contribution in [2.45, 2.75) is 45.4 Å². The summed E-state index contributed by atoms with van der Waals surface area (Å²) in [5, 5.41) is 0. The molecule has 31 heavy (non-hydrogen) atoms. The van der Waals surface area contributed by atoms with E-state index in [0.717, 1.165) is 25.3 Å². The molecule has 2 aliphatic heterocycles. The second-order valence-electron chi connectivity index (χ2n) is 8.32. The van der Waals surface area contributed by atoms with Gasteiger partial charge in [0.05, 0.1) is 13.0 Å². The third-order valence-electron chi connectivity index (χ3n) is 5.89. The maximum Gasteiger partial charge on any atom is 0.415 e. The minimum Gasteiger partial charge on any atom is -0.447 e.